The average molecular weight is 317 g/mol. The Morgan fingerprint density at radius 1 is 1.30 bits per heavy atom. The fourth-order valence-electron chi connectivity index (χ4n) is 3.29. The monoisotopic (exact) mass is 317 g/mol. The summed E-state index contributed by atoms with van der Waals surface area (Å²) in [4.78, 5) is 16.4. The number of hydrogen-bond donors (Lipinski definition) is 2. The second-order valence-electron chi connectivity index (χ2n) is 6.53. The third-order valence-electron chi connectivity index (χ3n) is 4.73. The molecule has 0 radical (unpaired) electrons. The molecule has 0 saturated heterocycles. The number of rotatable bonds is 7. The molecule has 126 valence electrons. The second-order valence-corrected chi connectivity index (χ2v) is 6.53. The van der Waals surface area contributed by atoms with Crippen LogP contribution in [0.3, 0.4) is 0 Å². The zero-order chi connectivity index (χ0) is 16.1. The van der Waals surface area contributed by atoms with Crippen molar-refractivity contribution in [2.24, 2.45) is 0 Å². The van der Waals surface area contributed by atoms with Crippen LogP contribution < -0.4 is 5.32 Å². The van der Waals surface area contributed by atoms with Crippen molar-refractivity contribution in [3.05, 3.63) is 35.4 Å². The Balaban J connectivity index is 1.36. The van der Waals surface area contributed by atoms with Crippen molar-refractivity contribution in [3.63, 3.8) is 0 Å². The van der Waals surface area contributed by atoms with Crippen molar-refractivity contribution in [1.82, 2.24) is 15.1 Å². The van der Waals surface area contributed by atoms with Crippen molar-refractivity contribution in [3.8, 4) is 0 Å². The van der Waals surface area contributed by atoms with Crippen LogP contribution in [0.5, 0.6) is 0 Å². The summed E-state index contributed by atoms with van der Waals surface area (Å²) >= 11 is 0. The molecule has 1 saturated carbocycles. The Bertz CT molecular complexity index is 531. The van der Waals surface area contributed by atoms with Crippen molar-refractivity contribution >= 4 is 6.03 Å². The highest BCUT2D eigenvalue weighted by molar-refractivity contribution is 5.74. The van der Waals surface area contributed by atoms with Crippen LogP contribution in [-0.4, -0.2) is 59.8 Å². The van der Waals surface area contributed by atoms with Crippen LogP contribution in [0.15, 0.2) is 24.3 Å². The fourth-order valence-corrected chi connectivity index (χ4v) is 3.29. The number of aliphatic hydroxyl groups is 1. The van der Waals surface area contributed by atoms with Gasteiger partial charge in [0.25, 0.3) is 0 Å². The SMILES string of the molecule is O=C(NCCCN1CCc2ccccc2C1)N(CCO)C1CC1. The molecule has 2 N–H and O–H groups in total. The van der Waals surface area contributed by atoms with E-state index in [0.717, 1.165) is 45.3 Å². The standard InChI is InChI=1S/C18H27N3O2/c22-13-12-21(17-6-7-17)18(23)19-9-3-10-20-11-8-15-4-1-2-5-16(15)14-20/h1-2,4-5,17,22H,3,6-14H2,(H,19,23). The van der Waals surface area contributed by atoms with E-state index in [1.54, 1.807) is 4.90 Å². The Morgan fingerprint density at radius 3 is 2.83 bits per heavy atom. The summed E-state index contributed by atoms with van der Waals surface area (Å²) in [6.07, 6.45) is 4.22. The van der Waals surface area contributed by atoms with E-state index in [9.17, 15) is 4.79 Å². The van der Waals surface area contributed by atoms with Crippen molar-refractivity contribution < 1.29 is 9.90 Å². The van der Waals surface area contributed by atoms with Gasteiger partial charge < -0.3 is 15.3 Å². The Hall–Kier alpha value is -1.59. The zero-order valence-electron chi connectivity index (χ0n) is 13.7. The predicted octanol–water partition coefficient (Wildman–Crippen LogP) is 1.60. The number of carbonyl (C=O) groups is 1. The van der Waals surface area contributed by atoms with Crippen LogP contribution in [0, 0.1) is 0 Å². The molecule has 2 aliphatic rings. The number of amides is 2. The minimum atomic E-state index is -0.0226. The molecule has 5 nitrogen and oxygen atoms in total. The van der Waals surface area contributed by atoms with E-state index in [-0.39, 0.29) is 12.6 Å². The maximum atomic E-state index is 12.1. The summed E-state index contributed by atoms with van der Waals surface area (Å²) in [5.41, 5.74) is 2.91. The molecule has 1 aromatic rings. The number of nitrogens with zero attached hydrogens (tertiary/aromatic N) is 2. The third-order valence-corrected chi connectivity index (χ3v) is 4.73. The molecule has 5 heteroatoms. The van der Waals surface area contributed by atoms with E-state index in [2.05, 4.69) is 34.5 Å². The van der Waals surface area contributed by atoms with Gasteiger partial charge in [-0.3, -0.25) is 4.90 Å². The van der Waals surface area contributed by atoms with E-state index >= 15 is 0 Å². The molecule has 1 aromatic carbocycles. The van der Waals surface area contributed by atoms with Gasteiger partial charge in [0.2, 0.25) is 0 Å². The van der Waals surface area contributed by atoms with Crippen LogP contribution in [0.2, 0.25) is 0 Å². The molecule has 3 rings (SSSR count). The topological polar surface area (TPSA) is 55.8 Å². The third kappa shape index (κ3) is 4.45. The first-order valence-electron chi connectivity index (χ1n) is 8.72. The normalized spacial score (nSPS) is 17.6. The highest BCUT2D eigenvalue weighted by Gasteiger charge is 2.31. The number of fused-ring (bicyclic) bond motifs is 1. The minimum Gasteiger partial charge on any atom is -0.395 e. The number of nitrogens with one attached hydrogen (secondary N) is 1. The van der Waals surface area contributed by atoms with Crippen molar-refractivity contribution in [1.29, 1.82) is 0 Å². The maximum Gasteiger partial charge on any atom is 0.317 e. The van der Waals surface area contributed by atoms with Gasteiger partial charge in [0.1, 0.15) is 0 Å². The van der Waals surface area contributed by atoms with Crippen LogP contribution in [-0.2, 0) is 13.0 Å². The summed E-state index contributed by atoms with van der Waals surface area (Å²) < 4.78 is 0. The number of hydrogen-bond acceptors (Lipinski definition) is 3. The molecule has 0 aromatic heterocycles. The van der Waals surface area contributed by atoms with Gasteiger partial charge in [-0.2, -0.15) is 0 Å². The molecular weight excluding hydrogens is 290 g/mol. The highest BCUT2D eigenvalue weighted by atomic mass is 16.3. The molecule has 1 heterocycles. The van der Waals surface area contributed by atoms with Gasteiger partial charge in [-0.25, -0.2) is 4.79 Å². The first kappa shape index (κ1) is 16.3. The Morgan fingerprint density at radius 2 is 2.09 bits per heavy atom. The lowest BCUT2D eigenvalue weighted by molar-refractivity contribution is 0.172. The molecule has 0 bridgehead atoms. The second kappa shape index (κ2) is 7.79. The fraction of sp³-hybridized carbons (Fsp3) is 0.611. The molecule has 1 aliphatic carbocycles. The molecule has 2 amide bonds. The van der Waals surface area contributed by atoms with E-state index in [0.29, 0.717) is 19.1 Å². The smallest absolute Gasteiger partial charge is 0.317 e. The quantitative estimate of drug-likeness (QED) is 0.751. The number of urea groups is 1. The van der Waals surface area contributed by atoms with Crippen molar-refractivity contribution in [2.75, 3.05) is 32.8 Å². The van der Waals surface area contributed by atoms with Crippen molar-refractivity contribution in [2.45, 2.75) is 38.3 Å². The highest BCUT2D eigenvalue weighted by Crippen LogP contribution is 2.26. The summed E-state index contributed by atoms with van der Waals surface area (Å²) in [5.74, 6) is 0. The summed E-state index contributed by atoms with van der Waals surface area (Å²) in [5, 5.41) is 12.1. The molecule has 23 heavy (non-hydrogen) atoms. The predicted molar refractivity (Wildman–Crippen MR) is 90.3 cm³/mol. The number of aliphatic hydroxyl groups excluding tert-OH is 1. The van der Waals surface area contributed by atoms with Gasteiger partial charge >= 0.3 is 6.03 Å². The number of benzene rings is 1. The van der Waals surface area contributed by atoms with Gasteiger partial charge in [-0.1, -0.05) is 24.3 Å². The van der Waals surface area contributed by atoms with Crippen LogP contribution in [0.4, 0.5) is 4.79 Å². The molecule has 0 spiro atoms. The van der Waals surface area contributed by atoms with Gasteiger partial charge in [-0.15, -0.1) is 0 Å². The van der Waals surface area contributed by atoms with E-state index in [1.807, 2.05) is 0 Å². The van der Waals surface area contributed by atoms with E-state index < -0.39 is 0 Å². The lowest BCUT2D eigenvalue weighted by Gasteiger charge is -2.29. The van der Waals surface area contributed by atoms with Gasteiger partial charge in [0.15, 0.2) is 0 Å². The molecule has 0 unspecified atom stereocenters. The number of carbonyl (C=O) groups excluding carboxylic acids is 1. The zero-order valence-corrected chi connectivity index (χ0v) is 13.7. The molecule has 0 atom stereocenters. The molecule has 1 fully saturated rings. The van der Waals surface area contributed by atoms with Crippen LogP contribution in [0.1, 0.15) is 30.4 Å². The first-order valence-corrected chi connectivity index (χ1v) is 8.72. The summed E-state index contributed by atoms with van der Waals surface area (Å²) in [6, 6.07) is 8.98. The Kier molecular flexibility index (Phi) is 5.51. The van der Waals surface area contributed by atoms with Gasteiger partial charge in [0, 0.05) is 38.8 Å². The van der Waals surface area contributed by atoms with E-state index in [1.165, 1.54) is 11.1 Å². The Labute approximate surface area is 138 Å². The lowest BCUT2D eigenvalue weighted by atomic mass is 10.00. The summed E-state index contributed by atoms with van der Waals surface area (Å²) in [7, 11) is 0. The van der Waals surface area contributed by atoms with E-state index in [4.69, 9.17) is 5.11 Å². The first-order chi connectivity index (χ1) is 11.3. The summed E-state index contributed by atoms with van der Waals surface area (Å²) in [6.45, 7) is 4.31. The maximum absolute atomic E-state index is 12.1. The van der Waals surface area contributed by atoms with Crippen LogP contribution >= 0.6 is 0 Å². The molecule has 1 aliphatic heterocycles. The average Bonchev–Trinajstić information content (AvgIpc) is 3.41. The largest absolute Gasteiger partial charge is 0.395 e. The molecular formula is C18H27N3O2. The van der Waals surface area contributed by atoms with Gasteiger partial charge in [0.05, 0.1) is 6.61 Å². The van der Waals surface area contributed by atoms with Crippen LogP contribution in [0.25, 0.3) is 0 Å². The minimum absolute atomic E-state index is 0.0226. The van der Waals surface area contributed by atoms with Gasteiger partial charge in [-0.05, 0) is 36.8 Å². The lowest BCUT2D eigenvalue weighted by Crippen LogP contribution is -2.43.